The van der Waals surface area contributed by atoms with Gasteiger partial charge in [-0.2, -0.15) is 8.78 Å². The van der Waals surface area contributed by atoms with Crippen molar-refractivity contribution in [1.82, 2.24) is 4.98 Å². The molecule has 0 fully saturated rings. The molecule has 4 rings (SSSR count). The summed E-state index contributed by atoms with van der Waals surface area (Å²) >= 11 is 3.08. The predicted molar refractivity (Wildman–Crippen MR) is 123 cm³/mol. The molecule has 164 valence electrons. The van der Waals surface area contributed by atoms with Crippen LogP contribution in [0.2, 0.25) is 0 Å². The Kier molecular flexibility index (Phi) is 6.77. The number of methoxy groups -OCH3 is 1. The molecule has 0 spiro atoms. The van der Waals surface area contributed by atoms with Crippen LogP contribution in [0.1, 0.15) is 5.69 Å². The minimum Gasteiger partial charge on any atom is -0.497 e. The van der Waals surface area contributed by atoms with Crippen LogP contribution in [-0.4, -0.2) is 24.6 Å². The highest BCUT2D eigenvalue weighted by Gasteiger charge is 2.15. The zero-order chi connectivity index (χ0) is 22.5. The Morgan fingerprint density at radius 2 is 1.94 bits per heavy atom. The number of thiophene rings is 1. The summed E-state index contributed by atoms with van der Waals surface area (Å²) < 4.78 is 35.6. The lowest BCUT2D eigenvalue weighted by atomic mass is 10.0. The van der Waals surface area contributed by atoms with E-state index in [1.54, 1.807) is 48.8 Å². The number of halogens is 2. The Bertz CT molecular complexity index is 1190. The molecule has 0 bridgehead atoms. The maximum Gasteiger partial charge on any atom is 0.387 e. The lowest BCUT2D eigenvalue weighted by Crippen LogP contribution is -2.14. The second-order valence-electron chi connectivity index (χ2n) is 6.66. The van der Waals surface area contributed by atoms with Crippen molar-refractivity contribution in [2.45, 2.75) is 13.0 Å². The fourth-order valence-corrected chi connectivity index (χ4v) is 4.71. The average molecular weight is 473 g/mol. The van der Waals surface area contributed by atoms with Crippen LogP contribution >= 0.6 is 22.7 Å². The van der Waals surface area contributed by atoms with Gasteiger partial charge in [-0.3, -0.25) is 4.79 Å². The molecule has 0 saturated carbocycles. The molecule has 0 aliphatic carbocycles. The number of thiazole rings is 1. The summed E-state index contributed by atoms with van der Waals surface area (Å²) in [6.45, 7) is -2.96. The van der Waals surface area contributed by atoms with E-state index >= 15 is 0 Å². The fourth-order valence-electron chi connectivity index (χ4n) is 3.07. The van der Waals surface area contributed by atoms with Crippen LogP contribution in [0.15, 0.2) is 65.4 Å². The predicted octanol–water partition coefficient (Wildman–Crippen LogP) is 6.33. The molecule has 1 N–H and O–H groups in total. The van der Waals surface area contributed by atoms with E-state index in [0.29, 0.717) is 28.3 Å². The molecule has 4 aromatic rings. The molecule has 9 heteroatoms. The standard InChI is InChI=1S/C23H18F2N2O3S2/c1-29-17-7-4-14(5-8-17)18-11-15(6-9-19(18)30-23(24)25)26-21(28)12-16-13-32-22(27-16)20-3-2-10-31-20/h2-11,13,23H,12H2,1H3,(H,26,28). The Balaban J connectivity index is 1.52. The number of hydrogen-bond acceptors (Lipinski definition) is 6. The van der Waals surface area contributed by atoms with E-state index in [0.717, 1.165) is 9.88 Å². The molecule has 0 atom stereocenters. The minimum absolute atomic E-state index is 0.0169. The summed E-state index contributed by atoms with van der Waals surface area (Å²) in [5, 5.41) is 7.52. The Hall–Kier alpha value is -3.30. The zero-order valence-electron chi connectivity index (χ0n) is 16.9. The van der Waals surface area contributed by atoms with Gasteiger partial charge in [-0.1, -0.05) is 18.2 Å². The first-order valence-electron chi connectivity index (χ1n) is 9.53. The third kappa shape index (κ3) is 5.30. The number of alkyl halides is 2. The van der Waals surface area contributed by atoms with Gasteiger partial charge in [0.25, 0.3) is 0 Å². The normalized spacial score (nSPS) is 10.9. The van der Waals surface area contributed by atoms with Gasteiger partial charge >= 0.3 is 6.61 Å². The largest absolute Gasteiger partial charge is 0.497 e. The number of carbonyl (C=O) groups excluding carboxylic acids is 1. The maximum absolute atomic E-state index is 12.9. The van der Waals surface area contributed by atoms with Gasteiger partial charge in [-0.15, -0.1) is 22.7 Å². The van der Waals surface area contributed by atoms with E-state index in [9.17, 15) is 13.6 Å². The number of hydrogen-bond donors (Lipinski definition) is 1. The lowest BCUT2D eigenvalue weighted by Gasteiger charge is -2.14. The quantitative estimate of drug-likeness (QED) is 0.326. The number of aromatic nitrogens is 1. The molecule has 0 saturated heterocycles. The highest BCUT2D eigenvalue weighted by molar-refractivity contribution is 7.20. The molecule has 1 amide bonds. The topological polar surface area (TPSA) is 60.5 Å². The summed E-state index contributed by atoms with van der Waals surface area (Å²) in [5.41, 5.74) is 2.22. The highest BCUT2D eigenvalue weighted by Crippen LogP contribution is 2.35. The van der Waals surface area contributed by atoms with Crippen LogP contribution in [0.25, 0.3) is 21.0 Å². The first kappa shape index (κ1) is 21.9. The molecule has 32 heavy (non-hydrogen) atoms. The number of benzene rings is 2. The van der Waals surface area contributed by atoms with Crippen LogP contribution in [0.5, 0.6) is 11.5 Å². The van der Waals surface area contributed by atoms with Crippen molar-refractivity contribution in [3.05, 3.63) is 71.1 Å². The average Bonchev–Trinajstić information content (AvgIpc) is 3.46. The van der Waals surface area contributed by atoms with Crippen LogP contribution in [0, 0.1) is 0 Å². The van der Waals surface area contributed by atoms with Gasteiger partial charge in [0.1, 0.15) is 16.5 Å². The zero-order valence-corrected chi connectivity index (χ0v) is 18.5. The number of rotatable bonds is 8. The molecule has 0 unspecified atom stereocenters. The molecule has 0 radical (unpaired) electrons. The molecule has 2 heterocycles. The monoisotopic (exact) mass is 472 g/mol. The summed E-state index contributed by atoms with van der Waals surface area (Å²) in [4.78, 5) is 18.1. The molecule has 5 nitrogen and oxygen atoms in total. The van der Waals surface area contributed by atoms with Gasteiger partial charge in [0, 0.05) is 16.6 Å². The minimum atomic E-state index is -2.96. The van der Waals surface area contributed by atoms with Gasteiger partial charge in [0.2, 0.25) is 5.91 Å². The van der Waals surface area contributed by atoms with Crippen molar-refractivity contribution in [2.24, 2.45) is 0 Å². The van der Waals surface area contributed by atoms with E-state index in [2.05, 4.69) is 15.0 Å². The Morgan fingerprint density at radius 1 is 1.12 bits per heavy atom. The first-order valence-corrected chi connectivity index (χ1v) is 11.3. The van der Waals surface area contributed by atoms with Gasteiger partial charge < -0.3 is 14.8 Å². The summed E-state index contributed by atoms with van der Waals surface area (Å²) in [6, 6.07) is 15.4. The van der Waals surface area contributed by atoms with Gasteiger partial charge in [0.15, 0.2) is 0 Å². The summed E-state index contributed by atoms with van der Waals surface area (Å²) in [6.07, 6.45) is 0.106. The third-order valence-corrected chi connectivity index (χ3v) is 6.44. The number of ether oxygens (including phenoxy) is 2. The Labute approximate surface area is 191 Å². The van der Waals surface area contributed by atoms with Crippen molar-refractivity contribution in [1.29, 1.82) is 0 Å². The third-order valence-electron chi connectivity index (χ3n) is 4.51. The SMILES string of the molecule is COc1ccc(-c2cc(NC(=O)Cc3csc(-c4cccs4)n3)ccc2OC(F)F)cc1. The van der Waals surface area contributed by atoms with E-state index < -0.39 is 6.61 Å². The van der Waals surface area contributed by atoms with Crippen molar-refractivity contribution < 1.29 is 23.0 Å². The molecule has 0 aliphatic rings. The summed E-state index contributed by atoms with van der Waals surface area (Å²) in [7, 11) is 1.54. The van der Waals surface area contributed by atoms with E-state index in [1.165, 1.54) is 23.5 Å². The second-order valence-corrected chi connectivity index (χ2v) is 8.47. The van der Waals surface area contributed by atoms with Crippen molar-refractivity contribution in [2.75, 3.05) is 12.4 Å². The van der Waals surface area contributed by atoms with E-state index in [-0.39, 0.29) is 18.1 Å². The van der Waals surface area contributed by atoms with Crippen LogP contribution in [0.4, 0.5) is 14.5 Å². The smallest absolute Gasteiger partial charge is 0.387 e. The van der Waals surface area contributed by atoms with Gasteiger partial charge in [-0.25, -0.2) is 4.98 Å². The number of nitrogens with zero attached hydrogens (tertiary/aromatic N) is 1. The first-order chi connectivity index (χ1) is 15.5. The number of nitrogens with one attached hydrogen (secondary N) is 1. The molecular formula is C23H18F2N2O3S2. The molecular weight excluding hydrogens is 454 g/mol. The van der Waals surface area contributed by atoms with Gasteiger partial charge in [-0.05, 0) is 47.3 Å². The molecule has 2 aromatic carbocycles. The second kappa shape index (κ2) is 9.88. The Morgan fingerprint density at radius 3 is 2.62 bits per heavy atom. The number of anilines is 1. The van der Waals surface area contributed by atoms with Crippen molar-refractivity contribution in [3.63, 3.8) is 0 Å². The van der Waals surface area contributed by atoms with Gasteiger partial charge in [0.05, 0.1) is 24.1 Å². The van der Waals surface area contributed by atoms with Crippen LogP contribution in [-0.2, 0) is 11.2 Å². The van der Waals surface area contributed by atoms with Crippen molar-refractivity contribution >= 4 is 34.3 Å². The summed E-state index contributed by atoms with van der Waals surface area (Å²) in [5.74, 6) is 0.402. The van der Waals surface area contributed by atoms with Crippen LogP contribution < -0.4 is 14.8 Å². The number of amides is 1. The molecule has 2 aromatic heterocycles. The van der Waals surface area contributed by atoms with Crippen molar-refractivity contribution in [3.8, 4) is 32.5 Å². The van der Waals surface area contributed by atoms with E-state index in [4.69, 9.17) is 4.74 Å². The number of carbonyl (C=O) groups is 1. The molecule has 0 aliphatic heterocycles. The van der Waals surface area contributed by atoms with Crippen LogP contribution in [0.3, 0.4) is 0 Å². The lowest BCUT2D eigenvalue weighted by molar-refractivity contribution is -0.115. The highest BCUT2D eigenvalue weighted by atomic mass is 32.1. The fraction of sp³-hybridized carbons (Fsp3) is 0.130. The van der Waals surface area contributed by atoms with E-state index in [1.807, 2.05) is 22.9 Å². The maximum atomic E-state index is 12.9.